The third-order valence-electron chi connectivity index (χ3n) is 0.301. The Morgan fingerprint density at radius 3 is 1.75 bits per heavy atom. The topological polar surface area (TPSA) is 0 Å². The summed E-state index contributed by atoms with van der Waals surface area (Å²) in [6.45, 7) is 4.99. The van der Waals surface area contributed by atoms with Gasteiger partial charge < -0.3 is 0 Å². The molecule has 44 valence electrons. The fraction of sp³-hybridized carbons (Fsp3) is 0. The molecule has 0 nitrogen and oxygen atoms in total. The first-order valence-corrected chi connectivity index (χ1v) is 3.26. The molecule has 0 heterocycles. The fourth-order valence-electron chi connectivity index (χ4n) is 0.110. The Morgan fingerprint density at radius 1 is 1.12 bits per heavy atom. The van der Waals surface area contributed by atoms with Crippen LogP contribution in [0.5, 0.6) is 0 Å². The van der Waals surface area contributed by atoms with Crippen LogP contribution in [0.15, 0.2) is 18.2 Å². The zero-order valence-corrected chi connectivity index (χ0v) is 12.9. The van der Waals surface area contributed by atoms with Crippen molar-refractivity contribution >= 4 is 4.40 Å². The van der Waals surface area contributed by atoms with Gasteiger partial charge in [0.25, 0.3) is 0 Å². The molecule has 0 aliphatic heterocycles. The molecule has 0 aliphatic rings. The second-order valence-corrected chi connectivity index (χ2v) is 1.69. The van der Waals surface area contributed by atoms with Crippen LogP contribution in [0.25, 0.3) is 0 Å². The summed E-state index contributed by atoms with van der Waals surface area (Å²) in [6, 6.07) is 0. The molecule has 0 aromatic heterocycles. The molecule has 0 N–H and O–H groups in total. The molecular weight excluding hydrogens is 612 g/mol. The van der Waals surface area contributed by atoms with Crippen molar-refractivity contribution in [1.29, 1.82) is 0 Å². The van der Waals surface area contributed by atoms with Crippen molar-refractivity contribution in [3.05, 3.63) is 24.8 Å². The summed E-state index contributed by atoms with van der Waals surface area (Å²) in [4.78, 5) is 0. The fourth-order valence-corrected chi connectivity index (χ4v) is 0.435. The van der Waals surface area contributed by atoms with Crippen molar-refractivity contribution < 1.29 is 61.5 Å². The van der Waals surface area contributed by atoms with E-state index >= 15 is 0 Å². The number of hydrogen-bond acceptors (Lipinski definition) is 0. The van der Waals surface area contributed by atoms with Gasteiger partial charge in [-0.05, 0) is 0 Å². The zero-order valence-electron chi connectivity index (χ0n) is 4.11. The van der Waals surface area contributed by atoms with Crippen LogP contribution in [0.2, 0.25) is 0 Å². The van der Waals surface area contributed by atoms with Gasteiger partial charge in [0.15, 0.2) is 0 Å². The van der Waals surface area contributed by atoms with Crippen LogP contribution in [-0.4, -0.2) is 4.40 Å². The van der Waals surface area contributed by atoms with E-state index in [4.69, 9.17) is 6.58 Å². The molecule has 0 radical (unpaired) electrons. The molecule has 0 aliphatic carbocycles. The molecular formula is C5H5W3-. The predicted molar refractivity (Wildman–Crippen MR) is 24.1 cm³/mol. The van der Waals surface area contributed by atoms with Crippen LogP contribution in [0.3, 0.4) is 0 Å². The Balaban J connectivity index is -0.000000125. The van der Waals surface area contributed by atoms with Crippen LogP contribution in [-0.2, 0) is 61.5 Å². The maximum atomic E-state index is 4.99. The van der Waals surface area contributed by atoms with E-state index in [1.807, 2.05) is 10.5 Å². The van der Waals surface area contributed by atoms with Crippen molar-refractivity contribution in [3.8, 4) is 0 Å². The number of hydrogen-bond donors (Lipinski definition) is 0. The van der Waals surface area contributed by atoms with Gasteiger partial charge in [0.05, 0.1) is 0 Å². The average molecular weight is 617 g/mol. The molecule has 0 atom stereocenters. The normalized spacial score (nSPS) is 6.50. The van der Waals surface area contributed by atoms with Crippen LogP contribution in [0, 0.1) is 6.58 Å². The molecule has 0 amide bonds. The van der Waals surface area contributed by atoms with Gasteiger partial charge in [-0.2, -0.15) is 0 Å². The molecule has 0 aromatic rings. The number of rotatable bonds is 2. The Bertz CT molecular complexity index is 65.7. The molecule has 0 saturated heterocycles. The van der Waals surface area contributed by atoms with Gasteiger partial charge >= 0.3 is 48.6 Å². The first kappa shape index (κ1) is 16.2. The predicted octanol–water partition coefficient (Wildman–Crippen LogP) is 0.876. The summed E-state index contributed by atoms with van der Waals surface area (Å²) in [5.74, 6) is 0. The first-order chi connectivity index (χ1) is 2.91. The van der Waals surface area contributed by atoms with E-state index in [1.165, 1.54) is 25.4 Å². The van der Waals surface area contributed by atoms with E-state index < -0.39 is 0 Å². The maximum Gasteiger partial charge on any atom is 0 e. The van der Waals surface area contributed by atoms with E-state index in [-0.39, 0.29) is 42.1 Å². The second-order valence-electron chi connectivity index (χ2n) is 0.713. The van der Waals surface area contributed by atoms with Crippen molar-refractivity contribution in [2.75, 3.05) is 0 Å². The second kappa shape index (κ2) is 15.8. The van der Waals surface area contributed by atoms with E-state index in [9.17, 15) is 0 Å². The van der Waals surface area contributed by atoms with Gasteiger partial charge in [0.1, 0.15) is 0 Å². The van der Waals surface area contributed by atoms with Crippen LogP contribution >= 0.6 is 0 Å². The van der Waals surface area contributed by atoms with Gasteiger partial charge in [-0.15, -0.1) is 0 Å². The summed E-state index contributed by atoms with van der Waals surface area (Å²) < 4.78 is 2.00. The molecule has 0 rings (SSSR count). The van der Waals surface area contributed by atoms with Gasteiger partial charge in [-0.25, -0.2) is 0 Å². The summed E-state index contributed by atoms with van der Waals surface area (Å²) >= 11 is 1.45. The van der Waals surface area contributed by atoms with Gasteiger partial charge in [-0.3, -0.25) is 0 Å². The third-order valence-corrected chi connectivity index (χ3v) is 0.865. The van der Waals surface area contributed by atoms with E-state index in [1.54, 1.807) is 6.08 Å². The minimum Gasteiger partial charge on any atom is 0 e. The summed E-state index contributed by atoms with van der Waals surface area (Å²) in [6.07, 6.45) is 5.22. The zero-order chi connectivity index (χ0) is 4.83. The summed E-state index contributed by atoms with van der Waals surface area (Å²) in [5.41, 5.74) is 0. The molecule has 0 aromatic carbocycles. The monoisotopic (exact) mass is 617 g/mol. The molecule has 0 fully saturated rings. The van der Waals surface area contributed by atoms with Crippen LogP contribution < -0.4 is 0 Å². The molecule has 3 heteroatoms. The molecule has 8 heavy (non-hydrogen) atoms. The van der Waals surface area contributed by atoms with Crippen molar-refractivity contribution in [2.45, 2.75) is 0 Å². The maximum absolute atomic E-state index is 4.99. The minimum atomic E-state index is 0. The minimum absolute atomic E-state index is 0. The van der Waals surface area contributed by atoms with Gasteiger partial charge in [0, 0.05) is 42.1 Å². The Kier molecular flexibility index (Phi) is 32.0. The third kappa shape index (κ3) is 15.7. The van der Waals surface area contributed by atoms with Crippen molar-refractivity contribution in [1.82, 2.24) is 0 Å². The quantitative estimate of drug-likeness (QED) is 0.320. The summed E-state index contributed by atoms with van der Waals surface area (Å²) in [5, 5.41) is 0. The van der Waals surface area contributed by atoms with E-state index in [2.05, 4.69) is 0 Å². The smallest absolute Gasteiger partial charge is 0 e. The van der Waals surface area contributed by atoms with Crippen LogP contribution in [0.4, 0.5) is 0 Å². The molecule has 0 spiro atoms. The number of allylic oxidation sites excluding steroid dienone is 3. The molecule has 0 unspecified atom stereocenters. The SMILES string of the molecule is [CH-]=C/C=C\[CH]=[W].[W].[W]. The molecule has 0 bridgehead atoms. The Labute approximate surface area is 89.7 Å². The molecule has 0 saturated carbocycles. The Morgan fingerprint density at radius 2 is 1.62 bits per heavy atom. The standard InChI is InChI=1S/C5H5.3W/c1-3-5-4-2;;;/h1-5H;;;/q-1;;;/b5-3-;;;. The van der Waals surface area contributed by atoms with Gasteiger partial charge in [-0.1, -0.05) is 0 Å². The first-order valence-electron chi connectivity index (χ1n) is 1.57. The van der Waals surface area contributed by atoms with E-state index in [0.717, 1.165) is 0 Å². The average Bonchev–Trinajstić information content (AvgIpc) is 1.61. The summed E-state index contributed by atoms with van der Waals surface area (Å²) in [7, 11) is 0. The largest absolute Gasteiger partial charge is 0 e. The van der Waals surface area contributed by atoms with Gasteiger partial charge in [0.2, 0.25) is 0 Å². The van der Waals surface area contributed by atoms with E-state index in [0.29, 0.717) is 0 Å². The Hall–Kier alpha value is 1.41. The van der Waals surface area contributed by atoms with Crippen molar-refractivity contribution in [2.24, 2.45) is 0 Å². The van der Waals surface area contributed by atoms with Crippen molar-refractivity contribution in [3.63, 3.8) is 0 Å². The van der Waals surface area contributed by atoms with Crippen LogP contribution in [0.1, 0.15) is 0 Å².